The van der Waals surface area contributed by atoms with Crippen molar-refractivity contribution in [1.29, 1.82) is 0 Å². The summed E-state index contributed by atoms with van der Waals surface area (Å²) >= 11 is 0. The third-order valence-corrected chi connectivity index (χ3v) is 8.21. The molecule has 0 N–H and O–H groups in total. The summed E-state index contributed by atoms with van der Waals surface area (Å²) < 4.78 is 10.8. The molecule has 2 aliphatic heterocycles. The Morgan fingerprint density at radius 3 is 2.33 bits per heavy atom. The van der Waals surface area contributed by atoms with Crippen LogP contribution in [0.15, 0.2) is 71.8 Å². The molecule has 2 amide bonds. The molecule has 0 aliphatic carbocycles. The van der Waals surface area contributed by atoms with Crippen molar-refractivity contribution in [2.45, 2.75) is 33.2 Å². The molecule has 0 saturated carbocycles. The van der Waals surface area contributed by atoms with Crippen LogP contribution in [-0.2, 0) is 9.53 Å². The van der Waals surface area contributed by atoms with E-state index in [0.29, 0.717) is 44.0 Å². The summed E-state index contributed by atoms with van der Waals surface area (Å²) in [6.45, 7) is 10.2. The summed E-state index contributed by atoms with van der Waals surface area (Å²) in [7, 11) is 1.59. The van der Waals surface area contributed by atoms with Crippen molar-refractivity contribution in [1.82, 2.24) is 14.8 Å². The highest BCUT2D eigenvalue weighted by molar-refractivity contribution is 6.04. The van der Waals surface area contributed by atoms with Gasteiger partial charge in [0.1, 0.15) is 12.3 Å². The number of methoxy groups -OCH3 is 1. The lowest BCUT2D eigenvalue weighted by atomic mass is 9.96. The zero-order valence-electron chi connectivity index (χ0n) is 25.0. The molecule has 3 aromatic carbocycles. The van der Waals surface area contributed by atoms with E-state index >= 15 is 0 Å². The van der Waals surface area contributed by atoms with E-state index in [1.165, 1.54) is 11.1 Å². The lowest BCUT2D eigenvalue weighted by molar-refractivity contribution is -0.133. The normalized spacial score (nSPS) is 17.2. The predicted molar refractivity (Wildman–Crippen MR) is 164 cm³/mol. The molecule has 5 rings (SSSR count). The molecule has 2 aliphatic rings. The fourth-order valence-corrected chi connectivity index (χ4v) is 5.38. The van der Waals surface area contributed by atoms with Crippen LogP contribution in [0.5, 0.6) is 5.75 Å². The number of benzene rings is 3. The first kappa shape index (κ1) is 29.5. The highest BCUT2D eigenvalue weighted by Crippen LogP contribution is 2.33. The van der Waals surface area contributed by atoms with Crippen molar-refractivity contribution >= 4 is 17.5 Å². The van der Waals surface area contributed by atoms with Gasteiger partial charge in [0.25, 0.3) is 11.8 Å². The molecule has 2 heterocycles. The Morgan fingerprint density at radius 1 is 0.952 bits per heavy atom. The summed E-state index contributed by atoms with van der Waals surface area (Å²) in [4.78, 5) is 31.7. The Morgan fingerprint density at radius 2 is 1.67 bits per heavy atom. The number of carbonyl (C=O) groups excluding carboxylic acids is 2. The molecule has 1 atom stereocenters. The topological polar surface area (TPSA) is 74.7 Å². The van der Waals surface area contributed by atoms with E-state index in [2.05, 4.69) is 68.1 Å². The van der Waals surface area contributed by atoms with Crippen LogP contribution in [0, 0.1) is 20.8 Å². The van der Waals surface area contributed by atoms with Crippen LogP contribution in [0.4, 0.5) is 0 Å². The zero-order valence-corrected chi connectivity index (χ0v) is 25.0. The van der Waals surface area contributed by atoms with E-state index in [4.69, 9.17) is 14.6 Å². The molecule has 0 aromatic heterocycles. The van der Waals surface area contributed by atoms with Gasteiger partial charge in [-0.25, -0.2) is 5.01 Å². The first-order valence-electron chi connectivity index (χ1n) is 14.6. The lowest BCUT2D eigenvalue weighted by Gasteiger charge is -2.31. The quantitative estimate of drug-likeness (QED) is 0.372. The smallest absolute Gasteiger partial charge is 0.262 e. The third-order valence-electron chi connectivity index (χ3n) is 8.21. The molecule has 42 heavy (non-hydrogen) atoms. The molecular formula is C34H40N4O4. The molecule has 0 bridgehead atoms. The van der Waals surface area contributed by atoms with Crippen LogP contribution in [-0.4, -0.2) is 85.4 Å². The Balaban J connectivity index is 1.42. The largest absolute Gasteiger partial charge is 0.497 e. The van der Waals surface area contributed by atoms with Crippen LogP contribution in [0.25, 0.3) is 0 Å². The zero-order chi connectivity index (χ0) is 29.6. The summed E-state index contributed by atoms with van der Waals surface area (Å²) in [5.41, 5.74) is 6.99. The number of hydrazone groups is 1. The number of nitrogens with zero attached hydrogens (tertiary/aromatic N) is 4. The van der Waals surface area contributed by atoms with Gasteiger partial charge in [0.2, 0.25) is 0 Å². The van der Waals surface area contributed by atoms with Gasteiger partial charge in [-0.15, -0.1) is 0 Å². The summed E-state index contributed by atoms with van der Waals surface area (Å²) in [6, 6.07) is 21.3. The van der Waals surface area contributed by atoms with Crippen molar-refractivity contribution in [3.63, 3.8) is 0 Å². The Kier molecular flexibility index (Phi) is 9.35. The summed E-state index contributed by atoms with van der Waals surface area (Å²) in [5, 5.41) is 6.48. The van der Waals surface area contributed by atoms with Crippen LogP contribution in [0.2, 0.25) is 0 Å². The molecule has 1 fully saturated rings. The average Bonchev–Trinajstić information content (AvgIpc) is 3.47. The van der Waals surface area contributed by atoms with E-state index in [0.717, 1.165) is 35.5 Å². The minimum absolute atomic E-state index is 0.0682. The molecule has 0 spiro atoms. The number of aryl methyl sites for hydroxylation is 3. The van der Waals surface area contributed by atoms with Gasteiger partial charge >= 0.3 is 0 Å². The van der Waals surface area contributed by atoms with Gasteiger partial charge in [0.15, 0.2) is 0 Å². The Labute approximate surface area is 248 Å². The number of carbonyl (C=O) groups is 2. The molecule has 1 saturated heterocycles. The number of ether oxygens (including phenoxy) is 2. The van der Waals surface area contributed by atoms with Gasteiger partial charge in [-0.3, -0.25) is 14.5 Å². The van der Waals surface area contributed by atoms with Crippen molar-refractivity contribution in [2.24, 2.45) is 5.10 Å². The Bertz CT molecular complexity index is 1430. The standard InChI is InChI=1S/C34H40N4O4/c1-24-5-8-27(9-6-24)32-22-31(29-10-7-25(2)26(3)21-29)35-38(32)33(39)23-37(16-15-36-17-19-42-20-18-36)34(40)28-11-13-30(41-4)14-12-28/h5-14,21,32H,15-20,22-23H2,1-4H3. The number of rotatable bonds is 9. The molecule has 1 unspecified atom stereocenters. The van der Waals surface area contributed by atoms with Crippen LogP contribution >= 0.6 is 0 Å². The maximum atomic E-state index is 14.1. The second-order valence-corrected chi connectivity index (χ2v) is 11.1. The van der Waals surface area contributed by atoms with E-state index < -0.39 is 0 Å². The van der Waals surface area contributed by atoms with Crippen molar-refractivity contribution in [2.75, 3.05) is 53.0 Å². The van der Waals surface area contributed by atoms with Crippen molar-refractivity contribution in [3.05, 3.63) is 100 Å². The second kappa shape index (κ2) is 13.3. The fraction of sp³-hybridized carbons (Fsp3) is 0.382. The average molecular weight is 569 g/mol. The first-order chi connectivity index (χ1) is 20.3. The van der Waals surface area contributed by atoms with E-state index in [1.807, 2.05) is 0 Å². The molecular weight excluding hydrogens is 528 g/mol. The Hall–Kier alpha value is -4.01. The van der Waals surface area contributed by atoms with Crippen LogP contribution in [0.3, 0.4) is 0 Å². The highest BCUT2D eigenvalue weighted by atomic mass is 16.5. The van der Waals surface area contributed by atoms with Crippen LogP contribution < -0.4 is 4.74 Å². The summed E-state index contributed by atoms with van der Waals surface area (Å²) in [6.07, 6.45) is 0.609. The molecule has 3 aromatic rings. The maximum Gasteiger partial charge on any atom is 0.262 e. The van der Waals surface area contributed by atoms with Gasteiger partial charge < -0.3 is 14.4 Å². The van der Waals surface area contributed by atoms with E-state index in [1.54, 1.807) is 41.3 Å². The minimum atomic E-state index is -0.244. The predicted octanol–water partition coefficient (Wildman–Crippen LogP) is 4.77. The summed E-state index contributed by atoms with van der Waals surface area (Å²) in [5.74, 6) is 0.278. The third kappa shape index (κ3) is 6.89. The molecule has 8 nitrogen and oxygen atoms in total. The monoisotopic (exact) mass is 568 g/mol. The van der Waals surface area contributed by atoms with Gasteiger partial charge in [-0.05, 0) is 73.4 Å². The number of hydrogen-bond donors (Lipinski definition) is 0. The number of morpholine rings is 1. The van der Waals surface area contributed by atoms with Gasteiger partial charge in [-0.1, -0.05) is 42.0 Å². The van der Waals surface area contributed by atoms with E-state index in [-0.39, 0.29) is 24.4 Å². The number of hydrogen-bond acceptors (Lipinski definition) is 6. The second-order valence-electron chi connectivity index (χ2n) is 11.1. The van der Waals surface area contributed by atoms with Crippen LogP contribution in [0.1, 0.15) is 50.6 Å². The van der Waals surface area contributed by atoms with Gasteiger partial charge in [0.05, 0.1) is 32.1 Å². The lowest BCUT2D eigenvalue weighted by Crippen LogP contribution is -2.46. The minimum Gasteiger partial charge on any atom is -0.497 e. The fourth-order valence-electron chi connectivity index (χ4n) is 5.38. The molecule has 0 radical (unpaired) electrons. The van der Waals surface area contributed by atoms with Crippen molar-refractivity contribution in [3.8, 4) is 5.75 Å². The first-order valence-corrected chi connectivity index (χ1v) is 14.6. The molecule has 220 valence electrons. The molecule has 8 heteroatoms. The highest BCUT2D eigenvalue weighted by Gasteiger charge is 2.34. The maximum absolute atomic E-state index is 14.1. The SMILES string of the molecule is COc1ccc(C(=O)N(CCN2CCOCC2)CC(=O)N2N=C(c3ccc(C)c(C)c3)CC2c2ccc(C)cc2)cc1. The van der Waals surface area contributed by atoms with E-state index in [9.17, 15) is 9.59 Å². The van der Waals surface area contributed by atoms with Gasteiger partial charge in [0, 0.05) is 38.2 Å². The van der Waals surface area contributed by atoms with Crippen molar-refractivity contribution < 1.29 is 19.1 Å². The number of amides is 2. The van der Waals surface area contributed by atoms with Gasteiger partial charge in [-0.2, -0.15) is 5.10 Å².